The molecule has 0 aliphatic heterocycles. The molecular weight excluding hydrogens is 157 g/mol. The zero-order chi connectivity index (χ0) is 9.14. The second-order valence-corrected chi connectivity index (χ2v) is 2.73. The minimum Gasteiger partial charge on any atom is -0.387 e. The van der Waals surface area contributed by atoms with Crippen LogP contribution in [0.1, 0.15) is 17.2 Å². The molecule has 0 aliphatic carbocycles. The molecule has 0 amide bonds. The molecule has 1 aromatic rings. The summed E-state index contributed by atoms with van der Waals surface area (Å²) in [6.45, 7) is 1.70. The molecule has 12 heavy (non-hydrogen) atoms. The van der Waals surface area contributed by atoms with Gasteiger partial charge in [-0.15, -0.1) is 0 Å². The molecule has 1 aromatic carbocycles. The van der Waals surface area contributed by atoms with Crippen molar-refractivity contribution in [1.82, 2.24) is 0 Å². The maximum absolute atomic E-state index is 13.2. The minimum atomic E-state index is -0.898. The van der Waals surface area contributed by atoms with E-state index in [0.29, 0.717) is 5.56 Å². The number of hydrogen-bond acceptors (Lipinski definition) is 2. The zero-order valence-corrected chi connectivity index (χ0v) is 6.92. The monoisotopic (exact) mass is 169 g/mol. The molecule has 0 aliphatic rings. The topological polar surface area (TPSA) is 46.2 Å². The molecule has 3 heteroatoms. The number of aliphatic hydroxyl groups is 1. The molecule has 1 rings (SSSR count). The summed E-state index contributed by atoms with van der Waals surface area (Å²) >= 11 is 0. The number of benzene rings is 1. The molecular formula is C9H12FNO. The third kappa shape index (κ3) is 1.62. The van der Waals surface area contributed by atoms with Crippen molar-refractivity contribution < 1.29 is 9.50 Å². The number of halogens is 1. The van der Waals surface area contributed by atoms with Crippen LogP contribution < -0.4 is 5.73 Å². The molecule has 0 saturated heterocycles. The van der Waals surface area contributed by atoms with E-state index >= 15 is 0 Å². The Hall–Kier alpha value is -0.930. The van der Waals surface area contributed by atoms with Gasteiger partial charge < -0.3 is 10.8 Å². The molecule has 0 fully saturated rings. The first-order valence-corrected chi connectivity index (χ1v) is 3.80. The van der Waals surface area contributed by atoms with E-state index in [4.69, 9.17) is 5.73 Å². The Balaban J connectivity index is 3.07. The summed E-state index contributed by atoms with van der Waals surface area (Å²) in [4.78, 5) is 0. The normalized spacial score (nSPS) is 13.0. The summed E-state index contributed by atoms with van der Waals surface area (Å²) in [5.41, 5.74) is 6.01. The average Bonchev–Trinajstić information content (AvgIpc) is 2.08. The van der Waals surface area contributed by atoms with Crippen LogP contribution in [0.4, 0.5) is 4.39 Å². The average molecular weight is 169 g/mol. The van der Waals surface area contributed by atoms with Gasteiger partial charge in [-0.3, -0.25) is 0 Å². The smallest absolute Gasteiger partial charge is 0.131 e. The van der Waals surface area contributed by atoms with Crippen molar-refractivity contribution in [3.05, 3.63) is 35.1 Å². The van der Waals surface area contributed by atoms with Crippen molar-refractivity contribution in [3.8, 4) is 0 Å². The van der Waals surface area contributed by atoms with E-state index in [2.05, 4.69) is 0 Å². The summed E-state index contributed by atoms with van der Waals surface area (Å²) < 4.78 is 13.2. The Bertz CT molecular complexity index is 275. The van der Waals surface area contributed by atoms with Crippen LogP contribution >= 0.6 is 0 Å². The Morgan fingerprint density at radius 3 is 2.83 bits per heavy atom. The van der Waals surface area contributed by atoms with E-state index in [1.807, 2.05) is 0 Å². The lowest BCUT2D eigenvalue weighted by Gasteiger charge is -2.09. The van der Waals surface area contributed by atoms with Crippen molar-refractivity contribution in [2.75, 3.05) is 6.54 Å². The predicted octanol–water partition coefficient (Wildman–Crippen LogP) is 1.13. The van der Waals surface area contributed by atoms with Crippen molar-refractivity contribution in [1.29, 1.82) is 0 Å². The SMILES string of the molecule is Cc1cccc([C@H](O)CN)c1F. The van der Waals surface area contributed by atoms with Gasteiger partial charge in [-0.25, -0.2) is 4.39 Å². The summed E-state index contributed by atoms with van der Waals surface area (Å²) in [7, 11) is 0. The fourth-order valence-electron chi connectivity index (χ4n) is 1.05. The molecule has 0 unspecified atom stereocenters. The Labute approximate surface area is 70.8 Å². The standard InChI is InChI=1S/C9H12FNO/c1-6-3-2-4-7(9(6)10)8(12)5-11/h2-4,8,12H,5,11H2,1H3/t8-/m1/s1. The van der Waals surface area contributed by atoms with Gasteiger partial charge >= 0.3 is 0 Å². The number of rotatable bonds is 2. The maximum Gasteiger partial charge on any atom is 0.131 e. The van der Waals surface area contributed by atoms with E-state index < -0.39 is 6.10 Å². The molecule has 0 radical (unpaired) electrons. The van der Waals surface area contributed by atoms with Gasteiger partial charge in [-0.05, 0) is 12.5 Å². The van der Waals surface area contributed by atoms with Gasteiger partial charge in [0.15, 0.2) is 0 Å². The number of nitrogens with two attached hydrogens (primary N) is 1. The van der Waals surface area contributed by atoms with Gasteiger partial charge in [0, 0.05) is 12.1 Å². The molecule has 0 saturated carbocycles. The van der Waals surface area contributed by atoms with Gasteiger partial charge in [0.25, 0.3) is 0 Å². The van der Waals surface area contributed by atoms with Crippen molar-refractivity contribution in [2.45, 2.75) is 13.0 Å². The van der Waals surface area contributed by atoms with Gasteiger partial charge in [0.05, 0.1) is 6.10 Å². The highest BCUT2D eigenvalue weighted by Gasteiger charge is 2.11. The van der Waals surface area contributed by atoms with Crippen LogP contribution in [0.25, 0.3) is 0 Å². The third-order valence-corrected chi connectivity index (χ3v) is 1.80. The molecule has 0 spiro atoms. The van der Waals surface area contributed by atoms with Crippen LogP contribution in [0.15, 0.2) is 18.2 Å². The quantitative estimate of drug-likeness (QED) is 0.697. The highest BCUT2D eigenvalue weighted by atomic mass is 19.1. The van der Waals surface area contributed by atoms with Crippen LogP contribution in [0.5, 0.6) is 0 Å². The van der Waals surface area contributed by atoms with E-state index in [1.165, 1.54) is 0 Å². The Morgan fingerprint density at radius 2 is 2.25 bits per heavy atom. The van der Waals surface area contributed by atoms with Crippen molar-refractivity contribution in [3.63, 3.8) is 0 Å². The zero-order valence-electron chi connectivity index (χ0n) is 6.92. The fraction of sp³-hybridized carbons (Fsp3) is 0.333. The maximum atomic E-state index is 13.2. The Kier molecular flexibility index (Phi) is 2.78. The van der Waals surface area contributed by atoms with Gasteiger partial charge in [0.1, 0.15) is 5.82 Å². The number of aliphatic hydroxyl groups excluding tert-OH is 1. The lowest BCUT2D eigenvalue weighted by atomic mass is 10.1. The van der Waals surface area contributed by atoms with E-state index in [1.54, 1.807) is 25.1 Å². The summed E-state index contributed by atoms with van der Waals surface area (Å²) in [5, 5.41) is 9.27. The first-order valence-electron chi connectivity index (χ1n) is 3.80. The largest absolute Gasteiger partial charge is 0.387 e. The summed E-state index contributed by atoms with van der Waals surface area (Å²) in [6.07, 6.45) is -0.898. The minimum absolute atomic E-state index is 0.0420. The number of aryl methyl sites for hydroxylation is 1. The fourth-order valence-corrected chi connectivity index (χ4v) is 1.05. The first-order chi connectivity index (χ1) is 5.66. The van der Waals surface area contributed by atoms with E-state index in [0.717, 1.165) is 0 Å². The molecule has 2 nitrogen and oxygen atoms in total. The lowest BCUT2D eigenvalue weighted by Crippen LogP contribution is -2.13. The van der Waals surface area contributed by atoms with Gasteiger partial charge in [-0.1, -0.05) is 18.2 Å². The highest BCUT2D eigenvalue weighted by Crippen LogP contribution is 2.18. The van der Waals surface area contributed by atoms with Crippen LogP contribution in [0.3, 0.4) is 0 Å². The van der Waals surface area contributed by atoms with Gasteiger partial charge in [0.2, 0.25) is 0 Å². The van der Waals surface area contributed by atoms with Crippen LogP contribution in [0.2, 0.25) is 0 Å². The second-order valence-electron chi connectivity index (χ2n) is 2.73. The van der Waals surface area contributed by atoms with Crippen LogP contribution in [0, 0.1) is 12.7 Å². The molecule has 3 N–H and O–H groups in total. The van der Waals surface area contributed by atoms with Crippen molar-refractivity contribution in [2.24, 2.45) is 5.73 Å². The molecule has 0 heterocycles. The highest BCUT2D eigenvalue weighted by molar-refractivity contribution is 5.26. The summed E-state index contributed by atoms with van der Waals surface area (Å²) in [6, 6.07) is 4.90. The van der Waals surface area contributed by atoms with Crippen LogP contribution in [-0.4, -0.2) is 11.7 Å². The third-order valence-electron chi connectivity index (χ3n) is 1.80. The van der Waals surface area contributed by atoms with Crippen LogP contribution in [-0.2, 0) is 0 Å². The first kappa shape index (κ1) is 9.16. The van der Waals surface area contributed by atoms with Crippen molar-refractivity contribution >= 4 is 0 Å². The molecule has 0 aromatic heterocycles. The van der Waals surface area contributed by atoms with E-state index in [9.17, 15) is 9.50 Å². The Morgan fingerprint density at radius 1 is 1.58 bits per heavy atom. The summed E-state index contributed by atoms with van der Waals surface area (Å²) in [5.74, 6) is -0.365. The van der Waals surface area contributed by atoms with Gasteiger partial charge in [-0.2, -0.15) is 0 Å². The lowest BCUT2D eigenvalue weighted by molar-refractivity contribution is 0.181. The molecule has 0 bridgehead atoms. The van der Waals surface area contributed by atoms with E-state index in [-0.39, 0.29) is 17.9 Å². The molecule has 66 valence electrons. The second kappa shape index (κ2) is 3.65. The molecule has 1 atom stereocenters. The number of hydrogen-bond donors (Lipinski definition) is 2. The predicted molar refractivity (Wildman–Crippen MR) is 45.2 cm³/mol.